The lowest BCUT2D eigenvalue weighted by Crippen LogP contribution is -2.34. The van der Waals surface area contributed by atoms with Crippen molar-refractivity contribution in [3.05, 3.63) is 31.9 Å². The van der Waals surface area contributed by atoms with Crippen LogP contribution in [0.2, 0.25) is 0 Å². The smallest absolute Gasteiger partial charge is 0.269 e. The van der Waals surface area contributed by atoms with E-state index in [2.05, 4.69) is 5.10 Å². The Morgan fingerprint density at radius 3 is 2.85 bits per heavy atom. The molecule has 0 aliphatic heterocycles. The first-order valence-corrected chi connectivity index (χ1v) is 4.48. The summed E-state index contributed by atoms with van der Waals surface area (Å²) in [6, 6.07) is 1.41. The van der Waals surface area contributed by atoms with Crippen LogP contribution >= 0.6 is 11.3 Å². The minimum atomic E-state index is -0.396. The van der Waals surface area contributed by atoms with Crippen molar-refractivity contribution >= 4 is 16.2 Å². The first-order chi connectivity index (χ1) is 6.09. The van der Waals surface area contributed by atoms with Crippen LogP contribution in [0.4, 0.5) is 0 Å². The molecule has 0 spiro atoms. The van der Waals surface area contributed by atoms with E-state index in [4.69, 9.17) is 0 Å². The van der Waals surface area contributed by atoms with Crippen LogP contribution in [0.5, 0.6) is 0 Å². The Balaban J connectivity index is 3.10. The van der Waals surface area contributed by atoms with E-state index < -0.39 is 5.69 Å². The van der Waals surface area contributed by atoms with Crippen LogP contribution in [0.25, 0.3) is 4.83 Å². The third-order valence-corrected chi connectivity index (χ3v) is 2.62. The van der Waals surface area contributed by atoms with Crippen molar-refractivity contribution in [3.63, 3.8) is 0 Å². The average Bonchev–Trinajstić information content (AvgIpc) is 2.42. The predicted octanol–water partition coefficient (Wildman–Crippen LogP) is -0.237. The second kappa shape index (κ2) is 2.53. The maximum absolute atomic E-state index is 11.4. The number of rotatable bonds is 0. The lowest BCUT2D eigenvalue weighted by molar-refractivity contribution is 0.717. The monoisotopic (exact) mass is 197 g/mol. The molecule has 0 radical (unpaired) electrons. The van der Waals surface area contributed by atoms with Gasteiger partial charge >= 0.3 is 5.69 Å². The van der Waals surface area contributed by atoms with E-state index in [1.807, 2.05) is 0 Å². The van der Waals surface area contributed by atoms with E-state index in [0.29, 0.717) is 4.83 Å². The van der Waals surface area contributed by atoms with Crippen molar-refractivity contribution in [1.29, 1.82) is 0 Å². The Kier molecular flexibility index (Phi) is 1.59. The predicted molar refractivity (Wildman–Crippen MR) is 49.3 cm³/mol. The Morgan fingerprint density at radius 1 is 1.46 bits per heavy atom. The van der Waals surface area contributed by atoms with Crippen LogP contribution in [0, 0.1) is 6.92 Å². The highest BCUT2D eigenvalue weighted by Gasteiger charge is 2.05. The largest absolute Gasteiger partial charge is 0.352 e. The van der Waals surface area contributed by atoms with Gasteiger partial charge in [0.05, 0.1) is 0 Å². The minimum absolute atomic E-state index is 0.298. The molecule has 0 amide bonds. The average molecular weight is 197 g/mol. The summed E-state index contributed by atoms with van der Waals surface area (Å²) in [7, 11) is 1.44. The molecular formula is C7H7N3O2S. The van der Waals surface area contributed by atoms with Crippen LogP contribution in [-0.4, -0.2) is 14.2 Å². The van der Waals surface area contributed by atoms with Gasteiger partial charge in [0.15, 0.2) is 0 Å². The van der Waals surface area contributed by atoms with Crippen molar-refractivity contribution < 1.29 is 0 Å². The van der Waals surface area contributed by atoms with E-state index in [0.717, 1.165) is 9.57 Å². The van der Waals surface area contributed by atoms with Crippen LogP contribution in [0.3, 0.4) is 0 Å². The Morgan fingerprint density at radius 2 is 2.15 bits per heavy atom. The topological polar surface area (TPSA) is 56.4 Å². The molecule has 68 valence electrons. The summed E-state index contributed by atoms with van der Waals surface area (Å²) in [5, 5.41) is 4.74. The highest BCUT2D eigenvalue weighted by Crippen LogP contribution is 2.08. The second-order valence-electron chi connectivity index (χ2n) is 2.70. The molecule has 0 unspecified atom stereocenters. The summed E-state index contributed by atoms with van der Waals surface area (Å²) in [4.78, 5) is 23.2. The van der Waals surface area contributed by atoms with Crippen LogP contribution < -0.4 is 11.2 Å². The SMILES string of the molecule is Cc1nn2c(=O)n(C)c(=O)cc2s1. The van der Waals surface area contributed by atoms with Crippen molar-refractivity contribution in [2.75, 3.05) is 0 Å². The van der Waals surface area contributed by atoms with E-state index in [-0.39, 0.29) is 5.56 Å². The van der Waals surface area contributed by atoms with Gasteiger partial charge in [-0.15, -0.1) is 0 Å². The lowest BCUT2D eigenvalue weighted by Gasteiger charge is -1.93. The van der Waals surface area contributed by atoms with E-state index in [9.17, 15) is 9.59 Å². The summed E-state index contributed by atoms with van der Waals surface area (Å²) in [6.45, 7) is 1.79. The normalized spacial score (nSPS) is 10.9. The first-order valence-electron chi connectivity index (χ1n) is 3.66. The Hall–Kier alpha value is -1.43. The molecule has 2 aromatic heterocycles. The number of fused-ring (bicyclic) bond motifs is 1. The molecule has 2 heterocycles. The van der Waals surface area contributed by atoms with Gasteiger partial charge in [0, 0.05) is 13.1 Å². The van der Waals surface area contributed by atoms with Crippen molar-refractivity contribution in [3.8, 4) is 0 Å². The van der Waals surface area contributed by atoms with E-state index in [1.54, 1.807) is 6.92 Å². The van der Waals surface area contributed by atoms with Gasteiger partial charge < -0.3 is 0 Å². The second-order valence-corrected chi connectivity index (χ2v) is 3.91. The van der Waals surface area contributed by atoms with Gasteiger partial charge in [0.2, 0.25) is 0 Å². The Labute approximate surface area is 76.9 Å². The zero-order valence-corrected chi connectivity index (χ0v) is 7.96. The zero-order valence-electron chi connectivity index (χ0n) is 7.14. The van der Waals surface area contributed by atoms with Gasteiger partial charge in [0.1, 0.15) is 9.84 Å². The molecule has 0 saturated heterocycles. The molecular weight excluding hydrogens is 190 g/mol. The summed E-state index contributed by atoms with van der Waals surface area (Å²) in [5.74, 6) is 0. The van der Waals surface area contributed by atoms with Gasteiger partial charge in [-0.2, -0.15) is 9.61 Å². The van der Waals surface area contributed by atoms with Crippen LogP contribution in [0.1, 0.15) is 5.01 Å². The molecule has 2 rings (SSSR count). The number of nitrogens with zero attached hydrogens (tertiary/aromatic N) is 3. The first kappa shape index (κ1) is 8.18. The highest BCUT2D eigenvalue weighted by molar-refractivity contribution is 7.17. The summed E-state index contributed by atoms with van der Waals surface area (Å²) in [5.41, 5.74) is -0.694. The fourth-order valence-electron chi connectivity index (χ4n) is 1.07. The van der Waals surface area contributed by atoms with Crippen molar-refractivity contribution in [1.82, 2.24) is 14.2 Å². The maximum atomic E-state index is 11.4. The number of hydrogen-bond acceptors (Lipinski definition) is 4. The lowest BCUT2D eigenvalue weighted by atomic mass is 10.6. The van der Waals surface area contributed by atoms with Crippen LogP contribution in [0.15, 0.2) is 15.7 Å². The fraction of sp³-hybridized carbons (Fsp3) is 0.286. The molecule has 0 fully saturated rings. The molecule has 0 N–H and O–H groups in total. The fourth-order valence-corrected chi connectivity index (χ4v) is 1.86. The molecule has 0 aliphatic carbocycles. The molecule has 13 heavy (non-hydrogen) atoms. The molecule has 0 atom stereocenters. The Bertz CT molecular complexity index is 577. The number of hydrogen-bond donors (Lipinski definition) is 0. The van der Waals surface area contributed by atoms with Gasteiger partial charge in [-0.25, -0.2) is 4.79 Å². The molecule has 5 nitrogen and oxygen atoms in total. The van der Waals surface area contributed by atoms with E-state index in [1.165, 1.54) is 29.0 Å². The molecule has 0 aromatic carbocycles. The quantitative estimate of drug-likeness (QED) is 0.586. The molecule has 0 aliphatic rings. The molecule has 6 heteroatoms. The third-order valence-electron chi connectivity index (χ3n) is 1.75. The standard InChI is InChI=1S/C7H7N3O2S/c1-4-8-10-6(13-4)3-5(11)9(2)7(10)12/h3H,1-2H3. The van der Waals surface area contributed by atoms with E-state index >= 15 is 0 Å². The van der Waals surface area contributed by atoms with Gasteiger partial charge in [-0.05, 0) is 6.92 Å². The summed E-state index contributed by atoms with van der Waals surface area (Å²) in [6.07, 6.45) is 0. The minimum Gasteiger partial charge on any atom is -0.269 e. The summed E-state index contributed by atoms with van der Waals surface area (Å²) >= 11 is 1.33. The molecule has 2 aromatic rings. The zero-order chi connectivity index (χ0) is 9.59. The molecule has 0 bridgehead atoms. The van der Waals surface area contributed by atoms with Gasteiger partial charge in [-0.3, -0.25) is 9.36 Å². The number of aromatic nitrogens is 3. The van der Waals surface area contributed by atoms with Crippen molar-refractivity contribution in [2.45, 2.75) is 6.92 Å². The maximum Gasteiger partial charge on any atom is 0.352 e. The van der Waals surface area contributed by atoms with Crippen LogP contribution in [-0.2, 0) is 7.05 Å². The molecule has 0 saturated carbocycles. The highest BCUT2D eigenvalue weighted by atomic mass is 32.1. The third kappa shape index (κ3) is 1.10. The van der Waals surface area contributed by atoms with Gasteiger partial charge in [-0.1, -0.05) is 11.3 Å². The number of aryl methyl sites for hydroxylation is 1. The van der Waals surface area contributed by atoms with Crippen molar-refractivity contribution in [2.24, 2.45) is 7.05 Å². The summed E-state index contributed by atoms with van der Waals surface area (Å²) < 4.78 is 2.27. The van der Waals surface area contributed by atoms with Gasteiger partial charge in [0.25, 0.3) is 5.56 Å².